The molecule has 0 aliphatic carbocycles. The molecule has 1 aromatic rings. The summed E-state index contributed by atoms with van der Waals surface area (Å²) in [7, 11) is 0. The van der Waals surface area contributed by atoms with Gasteiger partial charge in [-0.05, 0) is 25.3 Å². The minimum atomic E-state index is -0.506. The van der Waals surface area contributed by atoms with Gasteiger partial charge in [-0.15, -0.1) is 0 Å². The van der Waals surface area contributed by atoms with Crippen molar-refractivity contribution in [2.45, 2.75) is 58.3 Å². The molecule has 0 aromatic heterocycles. The first kappa shape index (κ1) is 15.9. The van der Waals surface area contributed by atoms with Crippen LogP contribution in [0.15, 0.2) is 30.3 Å². The number of hydrogen-bond donors (Lipinski definition) is 1. The number of ketones is 1. The molecule has 0 saturated carbocycles. The molecule has 19 heavy (non-hydrogen) atoms. The lowest BCUT2D eigenvalue weighted by molar-refractivity contribution is -0.119. The van der Waals surface area contributed by atoms with Crippen LogP contribution in [0.4, 0.5) is 0 Å². The number of aliphatic hydroxyl groups is 1. The van der Waals surface area contributed by atoms with E-state index in [9.17, 15) is 9.90 Å². The Morgan fingerprint density at radius 1 is 1.32 bits per heavy atom. The lowest BCUT2D eigenvalue weighted by atomic mass is 10.1. The van der Waals surface area contributed by atoms with Crippen molar-refractivity contribution in [3.05, 3.63) is 35.9 Å². The molecule has 1 rings (SSSR count). The topological polar surface area (TPSA) is 46.5 Å². The zero-order valence-corrected chi connectivity index (χ0v) is 11.8. The Bertz CT molecular complexity index is 362. The predicted molar refractivity (Wildman–Crippen MR) is 75.8 cm³/mol. The van der Waals surface area contributed by atoms with Crippen molar-refractivity contribution in [3.8, 4) is 0 Å². The maximum atomic E-state index is 11.2. The molecule has 106 valence electrons. The minimum absolute atomic E-state index is 0.211. The summed E-state index contributed by atoms with van der Waals surface area (Å²) in [4.78, 5) is 11.2. The average Bonchev–Trinajstić information content (AvgIpc) is 2.45. The van der Waals surface area contributed by atoms with Gasteiger partial charge in [0, 0.05) is 12.8 Å². The number of rotatable bonds is 9. The van der Waals surface area contributed by atoms with Crippen LogP contribution in [-0.2, 0) is 16.1 Å². The fraction of sp³-hybridized carbons (Fsp3) is 0.562. The van der Waals surface area contributed by atoms with Crippen LogP contribution >= 0.6 is 0 Å². The quantitative estimate of drug-likeness (QED) is 0.745. The van der Waals surface area contributed by atoms with Gasteiger partial charge in [0.25, 0.3) is 0 Å². The fourth-order valence-electron chi connectivity index (χ4n) is 1.83. The summed E-state index contributed by atoms with van der Waals surface area (Å²) in [5.41, 5.74) is 1.10. The highest BCUT2D eigenvalue weighted by molar-refractivity contribution is 5.77. The van der Waals surface area contributed by atoms with Crippen molar-refractivity contribution in [1.29, 1.82) is 0 Å². The van der Waals surface area contributed by atoms with Crippen LogP contribution in [0, 0.1) is 0 Å². The largest absolute Gasteiger partial charge is 0.390 e. The van der Waals surface area contributed by atoms with Crippen molar-refractivity contribution in [2.75, 3.05) is 0 Å². The van der Waals surface area contributed by atoms with E-state index in [1.54, 1.807) is 0 Å². The van der Waals surface area contributed by atoms with Crippen molar-refractivity contribution >= 4 is 5.78 Å². The Labute approximate surface area is 115 Å². The van der Waals surface area contributed by atoms with E-state index in [1.807, 2.05) is 44.2 Å². The molecule has 0 aliphatic heterocycles. The second-order valence-electron chi connectivity index (χ2n) is 4.85. The van der Waals surface area contributed by atoms with E-state index in [1.165, 1.54) is 0 Å². The lowest BCUT2D eigenvalue weighted by Gasteiger charge is -2.19. The van der Waals surface area contributed by atoms with Crippen LogP contribution in [0.25, 0.3) is 0 Å². The Kier molecular flexibility index (Phi) is 7.38. The SMILES string of the molecule is CCC(=O)CCC[C@@H](O)[C@@H](C)OCc1ccccc1. The third-order valence-corrected chi connectivity index (χ3v) is 3.25. The summed E-state index contributed by atoms with van der Waals surface area (Å²) in [6.07, 6.45) is 1.76. The molecule has 0 radical (unpaired) electrons. The van der Waals surface area contributed by atoms with Crippen LogP contribution in [0.2, 0.25) is 0 Å². The molecule has 3 heteroatoms. The molecule has 1 N–H and O–H groups in total. The van der Waals surface area contributed by atoms with E-state index in [2.05, 4.69) is 0 Å². The maximum Gasteiger partial charge on any atom is 0.132 e. The van der Waals surface area contributed by atoms with E-state index in [-0.39, 0.29) is 11.9 Å². The summed E-state index contributed by atoms with van der Waals surface area (Å²) < 4.78 is 5.64. The van der Waals surface area contributed by atoms with Crippen LogP contribution in [0.5, 0.6) is 0 Å². The molecule has 2 atom stereocenters. The van der Waals surface area contributed by atoms with Gasteiger partial charge in [0.1, 0.15) is 5.78 Å². The highest BCUT2D eigenvalue weighted by Gasteiger charge is 2.14. The smallest absolute Gasteiger partial charge is 0.132 e. The zero-order chi connectivity index (χ0) is 14.1. The molecular formula is C16H24O3. The van der Waals surface area contributed by atoms with Crippen LogP contribution in [0.1, 0.15) is 45.1 Å². The average molecular weight is 264 g/mol. The number of aliphatic hydroxyl groups excluding tert-OH is 1. The van der Waals surface area contributed by atoms with E-state index in [0.29, 0.717) is 25.9 Å². The normalized spacial score (nSPS) is 14.1. The van der Waals surface area contributed by atoms with Gasteiger partial charge in [0.2, 0.25) is 0 Å². The molecule has 0 saturated heterocycles. The van der Waals surface area contributed by atoms with E-state index < -0.39 is 6.10 Å². The van der Waals surface area contributed by atoms with Crippen molar-refractivity contribution in [1.82, 2.24) is 0 Å². The molecule has 0 unspecified atom stereocenters. The standard InChI is InChI=1S/C16H24O3/c1-3-15(17)10-7-11-16(18)13(2)19-12-14-8-5-4-6-9-14/h4-6,8-9,13,16,18H,3,7,10-12H2,1-2H3/t13-,16-/m1/s1. The monoisotopic (exact) mass is 264 g/mol. The summed E-state index contributed by atoms with van der Waals surface area (Å²) in [6, 6.07) is 9.90. The van der Waals surface area contributed by atoms with Gasteiger partial charge in [0.05, 0.1) is 18.8 Å². The van der Waals surface area contributed by atoms with Gasteiger partial charge in [-0.1, -0.05) is 37.3 Å². The first-order chi connectivity index (χ1) is 9.13. The summed E-state index contributed by atoms with van der Waals surface area (Å²) in [6.45, 7) is 4.24. The van der Waals surface area contributed by atoms with E-state index >= 15 is 0 Å². The van der Waals surface area contributed by atoms with Gasteiger partial charge in [0.15, 0.2) is 0 Å². The van der Waals surface area contributed by atoms with Gasteiger partial charge in [-0.25, -0.2) is 0 Å². The molecule has 0 amide bonds. The fourth-order valence-corrected chi connectivity index (χ4v) is 1.83. The number of ether oxygens (including phenoxy) is 1. The minimum Gasteiger partial charge on any atom is -0.390 e. The summed E-state index contributed by atoms with van der Waals surface area (Å²) in [5, 5.41) is 9.95. The van der Waals surface area contributed by atoms with Gasteiger partial charge >= 0.3 is 0 Å². The van der Waals surface area contributed by atoms with Gasteiger partial charge in [-0.3, -0.25) is 4.79 Å². The Balaban J connectivity index is 2.21. The Morgan fingerprint density at radius 3 is 2.63 bits per heavy atom. The molecule has 0 fully saturated rings. The summed E-state index contributed by atoms with van der Waals surface area (Å²) in [5.74, 6) is 0.255. The first-order valence-corrected chi connectivity index (χ1v) is 6.98. The third kappa shape index (κ3) is 6.50. The second kappa shape index (κ2) is 8.83. The highest BCUT2D eigenvalue weighted by atomic mass is 16.5. The predicted octanol–water partition coefficient (Wildman–Crippen LogP) is 3.10. The number of carbonyl (C=O) groups is 1. The Hall–Kier alpha value is -1.19. The number of benzene rings is 1. The van der Waals surface area contributed by atoms with Gasteiger partial charge < -0.3 is 9.84 Å². The van der Waals surface area contributed by atoms with Crippen LogP contribution in [0.3, 0.4) is 0 Å². The van der Waals surface area contributed by atoms with Crippen molar-refractivity contribution < 1.29 is 14.6 Å². The van der Waals surface area contributed by atoms with E-state index in [4.69, 9.17) is 4.74 Å². The molecule has 0 heterocycles. The van der Waals surface area contributed by atoms with Crippen LogP contribution in [-0.4, -0.2) is 23.1 Å². The van der Waals surface area contributed by atoms with Crippen LogP contribution < -0.4 is 0 Å². The highest BCUT2D eigenvalue weighted by Crippen LogP contribution is 2.11. The van der Waals surface area contributed by atoms with Crippen molar-refractivity contribution in [2.24, 2.45) is 0 Å². The number of hydrogen-bond acceptors (Lipinski definition) is 3. The molecule has 0 aliphatic rings. The maximum absolute atomic E-state index is 11.2. The molecule has 0 spiro atoms. The third-order valence-electron chi connectivity index (χ3n) is 3.25. The van der Waals surface area contributed by atoms with Crippen molar-refractivity contribution in [3.63, 3.8) is 0 Å². The van der Waals surface area contributed by atoms with Gasteiger partial charge in [-0.2, -0.15) is 0 Å². The lowest BCUT2D eigenvalue weighted by Crippen LogP contribution is -2.26. The summed E-state index contributed by atoms with van der Waals surface area (Å²) >= 11 is 0. The zero-order valence-electron chi connectivity index (χ0n) is 11.8. The van der Waals surface area contributed by atoms with E-state index in [0.717, 1.165) is 12.0 Å². The first-order valence-electron chi connectivity index (χ1n) is 6.98. The molecule has 1 aromatic carbocycles. The number of Topliss-reactive ketones (excluding diaryl/α,β-unsaturated/α-hetero) is 1. The molecule has 3 nitrogen and oxygen atoms in total. The molecule has 0 bridgehead atoms. The number of carbonyl (C=O) groups excluding carboxylic acids is 1. The second-order valence-corrected chi connectivity index (χ2v) is 4.85. The molecular weight excluding hydrogens is 240 g/mol. The Morgan fingerprint density at radius 2 is 2.00 bits per heavy atom.